The molecule has 0 aromatic heterocycles. The summed E-state index contributed by atoms with van der Waals surface area (Å²) in [5.41, 5.74) is 6.40. The van der Waals surface area contributed by atoms with E-state index in [2.05, 4.69) is 10.0 Å². The van der Waals surface area contributed by atoms with Gasteiger partial charge in [-0.2, -0.15) is 4.90 Å². The second-order valence-corrected chi connectivity index (χ2v) is 13.2. The molecule has 2 aromatic rings. The molecule has 5 N–H and O–H groups in total. The van der Waals surface area contributed by atoms with Gasteiger partial charge < -0.3 is 20.5 Å². The lowest BCUT2D eigenvalue weighted by Gasteiger charge is -2.24. The Morgan fingerprint density at radius 3 is 2.18 bits per heavy atom. The molecular weight excluding hydrogens is 602 g/mol. The van der Waals surface area contributed by atoms with Crippen LogP contribution in [0.2, 0.25) is 0 Å². The standard InChI is InChI=1S/C31H43N5O8S/c1-5-6-19-45(41,42)35-25(28(39)44-31(2,3)4)20-22-15-17-24(18-16-22)34-26(37)13-10-14-27(38)36(29(32)33)30(40)43-21-23-11-8-7-9-12-23/h7-9,11-12,15-18,25,35H,5-6,10,13-14,19-21H2,1-4H3,(H3,32,33)(H,34,37)/t25-/m0/s1. The van der Waals surface area contributed by atoms with E-state index in [4.69, 9.17) is 20.6 Å². The molecule has 0 aliphatic heterocycles. The van der Waals surface area contributed by atoms with Crippen LogP contribution in [-0.4, -0.2) is 60.5 Å². The van der Waals surface area contributed by atoms with Crippen molar-refractivity contribution in [3.8, 4) is 0 Å². The predicted octanol–water partition coefficient (Wildman–Crippen LogP) is 3.83. The highest BCUT2D eigenvalue weighted by atomic mass is 32.2. The molecule has 0 heterocycles. The Morgan fingerprint density at radius 2 is 1.60 bits per heavy atom. The van der Waals surface area contributed by atoms with Gasteiger partial charge in [0.05, 0.1) is 5.75 Å². The van der Waals surface area contributed by atoms with Crippen molar-refractivity contribution in [2.45, 2.75) is 84.5 Å². The Kier molecular flexibility index (Phi) is 14.1. The van der Waals surface area contributed by atoms with Gasteiger partial charge in [-0.25, -0.2) is 17.9 Å². The monoisotopic (exact) mass is 645 g/mol. The molecule has 0 unspecified atom stereocenters. The first-order chi connectivity index (χ1) is 21.1. The van der Waals surface area contributed by atoms with Crippen LogP contribution in [0.1, 0.15) is 70.9 Å². The van der Waals surface area contributed by atoms with E-state index in [9.17, 15) is 27.6 Å². The summed E-state index contributed by atoms with van der Waals surface area (Å²) in [6.45, 7) is 6.86. The van der Waals surface area contributed by atoms with Crippen LogP contribution in [0, 0.1) is 5.41 Å². The first kappa shape index (κ1) is 36.9. The Bertz CT molecular complexity index is 1420. The number of guanidine groups is 1. The van der Waals surface area contributed by atoms with Crippen molar-refractivity contribution in [3.05, 3.63) is 65.7 Å². The molecule has 13 nitrogen and oxygen atoms in total. The number of esters is 1. The van der Waals surface area contributed by atoms with Gasteiger partial charge in [0.2, 0.25) is 27.8 Å². The summed E-state index contributed by atoms with van der Waals surface area (Å²) in [4.78, 5) is 50.6. The van der Waals surface area contributed by atoms with E-state index < -0.39 is 51.5 Å². The van der Waals surface area contributed by atoms with Crippen LogP contribution in [0.4, 0.5) is 10.5 Å². The molecule has 1 atom stereocenters. The van der Waals surface area contributed by atoms with Crippen molar-refractivity contribution in [1.82, 2.24) is 9.62 Å². The summed E-state index contributed by atoms with van der Waals surface area (Å²) in [7, 11) is -3.71. The number of hydrogen-bond donors (Lipinski definition) is 4. The number of carbonyl (C=O) groups excluding carboxylic acids is 4. The van der Waals surface area contributed by atoms with Crippen LogP contribution < -0.4 is 15.8 Å². The molecule has 0 saturated carbocycles. The minimum Gasteiger partial charge on any atom is -0.459 e. The number of hydrogen-bond acceptors (Lipinski definition) is 9. The largest absolute Gasteiger partial charge is 0.459 e. The summed E-state index contributed by atoms with van der Waals surface area (Å²) < 4.78 is 38.0. The highest BCUT2D eigenvalue weighted by molar-refractivity contribution is 7.89. The zero-order valence-corrected chi connectivity index (χ0v) is 26.9. The second-order valence-electron chi connectivity index (χ2n) is 11.3. The number of nitrogens with two attached hydrogens (primary N) is 1. The maximum absolute atomic E-state index is 12.8. The van der Waals surface area contributed by atoms with Crippen molar-refractivity contribution in [2.75, 3.05) is 11.1 Å². The van der Waals surface area contributed by atoms with Gasteiger partial charge in [0, 0.05) is 18.5 Å². The lowest BCUT2D eigenvalue weighted by atomic mass is 10.1. The summed E-state index contributed by atoms with van der Waals surface area (Å²) >= 11 is 0. The number of imide groups is 1. The number of nitrogens with one attached hydrogen (secondary N) is 3. The lowest BCUT2D eigenvalue weighted by Crippen LogP contribution is -2.46. The van der Waals surface area contributed by atoms with E-state index in [-0.39, 0.29) is 38.0 Å². The fourth-order valence-corrected chi connectivity index (χ4v) is 5.37. The average Bonchev–Trinajstić information content (AvgIpc) is 2.95. The molecule has 0 aliphatic carbocycles. The Hall–Kier alpha value is -4.30. The SMILES string of the molecule is CCCCS(=O)(=O)N[C@@H](Cc1ccc(NC(=O)CCCC(=O)N(C(=N)N)C(=O)OCc2ccccc2)cc1)C(=O)OC(C)(C)C. The normalized spacial score (nSPS) is 12.1. The zero-order chi connectivity index (χ0) is 33.6. The van der Waals surface area contributed by atoms with E-state index in [1.807, 2.05) is 6.92 Å². The van der Waals surface area contributed by atoms with Gasteiger partial charge >= 0.3 is 12.1 Å². The van der Waals surface area contributed by atoms with Crippen molar-refractivity contribution in [2.24, 2.45) is 5.73 Å². The highest BCUT2D eigenvalue weighted by Crippen LogP contribution is 2.16. The van der Waals surface area contributed by atoms with Gasteiger partial charge in [-0.1, -0.05) is 55.8 Å². The molecule has 0 radical (unpaired) electrons. The maximum atomic E-state index is 12.8. The number of sulfonamides is 1. The fraction of sp³-hybridized carbons (Fsp3) is 0.452. The van der Waals surface area contributed by atoms with E-state index in [1.165, 1.54) is 0 Å². The molecule has 45 heavy (non-hydrogen) atoms. The van der Waals surface area contributed by atoms with Crippen molar-refractivity contribution in [3.63, 3.8) is 0 Å². The van der Waals surface area contributed by atoms with Gasteiger partial charge in [0.25, 0.3) is 0 Å². The summed E-state index contributed by atoms with van der Waals surface area (Å²) in [5.74, 6) is -2.76. The average molecular weight is 646 g/mol. The smallest absolute Gasteiger partial charge is 0.423 e. The number of amides is 3. The van der Waals surface area contributed by atoms with Crippen LogP contribution in [0.3, 0.4) is 0 Å². The Morgan fingerprint density at radius 1 is 0.956 bits per heavy atom. The number of rotatable bonds is 15. The third kappa shape index (κ3) is 13.9. The Balaban J connectivity index is 1.92. The zero-order valence-electron chi connectivity index (χ0n) is 26.1. The van der Waals surface area contributed by atoms with Gasteiger partial charge in [-0.15, -0.1) is 0 Å². The molecule has 3 amide bonds. The Labute approximate surface area is 264 Å². The highest BCUT2D eigenvalue weighted by Gasteiger charge is 2.29. The molecule has 0 saturated heterocycles. The number of anilines is 1. The van der Waals surface area contributed by atoms with Crippen LogP contribution in [0.5, 0.6) is 0 Å². The quantitative estimate of drug-likeness (QED) is 0.126. The first-order valence-corrected chi connectivity index (χ1v) is 16.2. The molecule has 0 bridgehead atoms. The van der Waals surface area contributed by atoms with Gasteiger partial charge in [0.15, 0.2) is 0 Å². The van der Waals surface area contributed by atoms with E-state index in [1.54, 1.807) is 75.4 Å². The predicted molar refractivity (Wildman–Crippen MR) is 169 cm³/mol. The van der Waals surface area contributed by atoms with Crippen LogP contribution in [0.15, 0.2) is 54.6 Å². The summed E-state index contributed by atoms with van der Waals surface area (Å²) in [6.07, 6.45) is -0.114. The summed E-state index contributed by atoms with van der Waals surface area (Å²) in [5, 5.41) is 10.3. The van der Waals surface area contributed by atoms with E-state index in [0.717, 1.165) is 0 Å². The van der Waals surface area contributed by atoms with Gasteiger partial charge in [-0.3, -0.25) is 19.8 Å². The maximum Gasteiger partial charge on any atom is 0.423 e. The van der Waals surface area contributed by atoms with Gasteiger partial charge in [0.1, 0.15) is 18.2 Å². The molecule has 0 aliphatic rings. The third-order valence-corrected chi connectivity index (χ3v) is 7.60. The van der Waals surface area contributed by atoms with Crippen molar-refractivity contribution >= 4 is 45.5 Å². The number of ether oxygens (including phenoxy) is 2. The van der Waals surface area contributed by atoms with E-state index in [0.29, 0.717) is 34.6 Å². The number of carbonyl (C=O) groups is 4. The minimum absolute atomic E-state index is 0.0387. The fourth-order valence-electron chi connectivity index (χ4n) is 3.97. The molecule has 14 heteroatoms. The van der Waals surface area contributed by atoms with Crippen molar-refractivity contribution in [1.29, 1.82) is 5.41 Å². The molecule has 2 rings (SSSR count). The summed E-state index contributed by atoms with van der Waals surface area (Å²) in [6, 6.07) is 14.2. The second kappa shape index (κ2) is 17.3. The van der Waals surface area contributed by atoms with Crippen LogP contribution in [-0.2, 0) is 46.9 Å². The first-order valence-electron chi connectivity index (χ1n) is 14.6. The molecule has 246 valence electrons. The molecule has 0 spiro atoms. The van der Waals surface area contributed by atoms with Crippen LogP contribution in [0.25, 0.3) is 0 Å². The molecular formula is C31H43N5O8S. The molecule has 0 fully saturated rings. The topological polar surface area (TPSA) is 198 Å². The minimum atomic E-state index is -3.71. The van der Waals surface area contributed by atoms with E-state index >= 15 is 0 Å². The number of nitrogens with zero attached hydrogens (tertiary/aromatic N) is 1. The number of benzene rings is 2. The third-order valence-electron chi connectivity index (χ3n) is 6.13. The van der Waals surface area contributed by atoms with Gasteiger partial charge in [-0.05, 0) is 63.3 Å². The van der Waals surface area contributed by atoms with Crippen molar-refractivity contribution < 1.29 is 37.1 Å². The number of unbranched alkanes of at least 4 members (excludes halogenated alkanes) is 1. The lowest BCUT2D eigenvalue weighted by molar-refractivity contribution is -0.156. The van der Waals surface area contributed by atoms with Crippen LogP contribution >= 0.6 is 0 Å². The molecule has 2 aromatic carbocycles.